The molecule has 4 rings (SSSR count). The third-order valence-corrected chi connectivity index (χ3v) is 7.56. The van der Waals surface area contributed by atoms with Gasteiger partial charge >= 0.3 is 0 Å². The molecule has 29 heavy (non-hydrogen) atoms. The Morgan fingerprint density at radius 2 is 1.86 bits per heavy atom. The second kappa shape index (κ2) is 9.53. The average Bonchev–Trinajstić information content (AvgIpc) is 3.26. The summed E-state index contributed by atoms with van der Waals surface area (Å²) in [7, 11) is 1.87. The maximum atomic E-state index is 13.2. The minimum absolute atomic E-state index is 0.184. The molecule has 1 aromatic carbocycles. The van der Waals surface area contributed by atoms with Crippen LogP contribution >= 0.6 is 11.8 Å². The number of piperazine rings is 1. The first-order valence-corrected chi connectivity index (χ1v) is 11.7. The van der Waals surface area contributed by atoms with Gasteiger partial charge in [0.05, 0.1) is 13.2 Å². The molecule has 6 nitrogen and oxygen atoms in total. The zero-order valence-corrected chi connectivity index (χ0v) is 18.1. The van der Waals surface area contributed by atoms with E-state index in [4.69, 9.17) is 4.74 Å². The summed E-state index contributed by atoms with van der Waals surface area (Å²) in [6.45, 7) is 8.32. The van der Waals surface area contributed by atoms with Gasteiger partial charge in [0, 0.05) is 69.8 Å². The first-order chi connectivity index (χ1) is 14.2. The van der Waals surface area contributed by atoms with E-state index in [1.165, 1.54) is 30.1 Å². The molecular weight excluding hydrogens is 389 g/mol. The predicted octanol–water partition coefficient (Wildman–Crippen LogP) is 1.73. The van der Waals surface area contributed by atoms with Gasteiger partial charge in [-0.05, 0) is 36.4 Å². The number of ether oxygens (including phenoxy) is 1. The van der Waals surface area contributed by atoms with Crippen molar-refractivity contribution in [2.75, 3.05) is 82.5 Å². The highest BCUT2D eigenvalue weighted by atomic mass is 32.2. The maximum Gasteiger partial charge on any atom is 0.193 e. The smallest absolute Gasteiger partial charge is 0.193 e. The van der Waals surface area contributed by atoms with Gasteiger partial charge in [0.25, 0.3) is 0 Å². The van der Waals surface area contributed by atoms with Crippen LogP contribution in [0.15, 0.2) is 29.3 Å². The van der Waals surface area contributed by atoms with Crippen molar-refractivity contribution in [3.8, 4) is 0 Å². The van der Waals surface area contributed by atoms with E-state index in [1.54, 1.807) is 0 Å². The lowest BCUT2D eigenvalue weighted by molar-refractivity contribution is -0.0121. The van der Waals surface area contributed by atoms with Crippen molar-refractivity contribution in [2.24, 2.45) is 4.99 Å². The van der Waals surface area contributed by atoms with Gasteiger partial charge < -0.3 is 19.9 Å². The van der Waals surface area contributed by atoms with Gasteiger partial charge in [0.2, 0.25) is 0 Å². The highest BCUT2D eigenvalue weighted by Gasteiger charge is 2.41. The molecule has 3 saturated heterocycles. The molecule has 3 aliphatic heterocycles. The molecule has 160 valence electrons. The Morgan fingerprint density at radius 1 is 1.14 bits per heavy atom. The molecule has 3 heterocycles. The molecule has 0 aromatic heterocycles. The van der Waals surface area contributed by atoms with Crippen LogP contribution in [0.3, 0.4) is 0 Å². The lowest BCUT2D eigenvalue weighted by Crippen LogP contribution is -2.61. The summed E-state index contributed by atoms with van der Waals surface area (Å²) >= 11 is 2.06. The molecule has 0 spiro atoms. The molecule has 1 N–H and O–H groups in total. The number of aliphatic imine (C=N–C) groups is 1. The highest BCUT2D eigenvalue weighted by Crippen LogP contribution is 2.33. The maximum absolute atomic E-state index is 13.2. The number of hydrogen-bond donors (Lipinski definition) is 1. The van der Waals surface area contributed by atoms with Gasteiger partial charge in [-0.15, -0.1) is 0 Å². The number of rotatable bonds is 4. The third-order valence-electron chi connectivity index (χ3n) is 6.32. The monoisotopic (exact) mass is 421 g/mol. The fraction of sp³-hybridized carbons (Fsp3) is 0.667. The molecule has 1 atom stereocenters. The molecule has 0 aliphatic carbocycles. The Kier molecular flexibility index (Phi) is 6.82. The molecule has 1 aromatic rings. The van der Waals surface area contributed by atoms with E-state index in [0.29, 0.717) is 0 Å². The number of morpholine rings is 1. The normalized spacial score (nSPS) is 26.8. The summed E-state index contributed by atoms with van der Waals surface area (Å²) in [5.74, 6) is 3.22. The van der Waals surface area contributed by atoms with Crippen molar-refractivity contribution in [1.29, 1.82) is 0 Å². The lowest BCUT2D eigenvalue weighted by Gasteiger charge is -2.44. The van der Waals surface area contributed by atoms with Crippen LogP contribution in [0.4, 0.5) is 10.1 Å². The first kappa shape index (κ1) is 20.8. The number of nitrogens with zero attached hydrogens (tertiary/aromatic N) is 4. The number of guanidine groups is 1. The van der Waals surface area contributed by atoms with Gasteiger partial charge in [-0.2, -0.15) is 11.8 Å². The van der Waals surface area contributed by atoms with Crippen LogP contribution in [0.2, 0.25) is 0 Å². The topological polar surface area (TPSA) is 43.3 Å². The SMILES string of the molecule is CN=C(NCC1(N2CCOCC2)CCSC1)N1CCN(c2ccc(F)cc2)CC1. The van der Waals surface area contributed by atoms with Crippen LogP contribution in [0.1, 0.15) is 6.42 Å². The number of benzene rings is 1. The Bertz CT molecular complexity index is 681. The fourth-order valence-corrected chi connectivity index (χ4v) is 6.02. The number of anilines is 1. The summed E-state index contributed by atoms with van der Waals surface area (Å²) in [4.78, 5) is 11.9. The van der Waals surface area contributed by atoms with E-state index in [2.05, 4.69) is 36.8 Å². The van der Waals surface area contributed by atoms with E-state index in [-0.39, 0.29) is 11.4 Å². The van der Waals surface area contributed by atoms with Crippen LogP contribution in [0, 0.1) is 5.82 Å². The molecular formula is C21H32FN5OS. The van der Waals surface area contributed by atoms with E-state index in [0.717, 1.165) is 70.7 Å². The molecule has 0 amide bonds. The Hall–Kier alpha value is -1.51. The Balaban J connectivity index is 1.33. The zero-order chi connectivity index (χ0) is 20.1. The van der Waals surface area contributed by atoms with Crippen LogP contribution in [0.5, 0.6) is 0 Å². The van der Waals surface area contributed by atoms with Crippen molar-refractivity contribution >= 4 is 23.4 Å². The van der Waals surface area contributed by atoms with Crippen LogP contribution in [-0.2, 0) is 4.74 Å². The summed E-state index contributed by atoms with van der Waals surface area (Å²) < 4.78 is 18.8. The number of hydrogen-bond acceptors (Lipinski definition) is 5. The molecule has 3 aliphatic rings. The lowest BCUT2D eigenvalue weighted by atomic mass is 9.95. The van der Waals surface area contributed by atoms with E-state index in [1.807, 2.05) is 19.2 Å². The molecule has 8 heteroatoms. The summed E-state index contributed by atoms with van der Waals surface area (Å²) in [5, 5.41) is 3.69. The van der Waals surface area contributed by atoms with Gasteiger partial charge in [-0.3, -0.25) is 9.89 Å². The number of nitrogens with one attached hydrogen (secondary N) is 1. The van der Waals surface area contributed by atoms with Gasteiger partial charge in [0.15, 0.2) is 5.96 Å². The van der Waals surface area contributed by atoms with Crippen LogP contribution < -0.4 is 10.2 Å². The molecule has 3 fully saturated rings. The van der Waals surface area contributed by atoms with Crippen molar-refractivity contribution in [1.82, 2.24) is 15.1 Å². The highest BCUT2D eigenvalue weighted by molar-refractivity contribution is 7.99. The quantitative estimate of drug-likeness (QED) is 0.590. The minimum atomic E-state index is -0.184. The summed E-state index contributed by atoms with van der Waals surface area (Å²) in [6, 6.07) is 6.80. The van der Waals surface area contributed by atoms with E-state index in [9.17, 15) is 4.39 Å². The van der Waals surface area contributed by atoms with Gasteiger partial charge in [0.1, 0.15) is 5.82 Å². The van der Waals surface area contributed by atoms with Crippen molar-refractivity contribution < 1.29 is 9.13 Å². The summed E-state index contributed by atoms with van der Waals surface area (Å²) in [5.41, 5.74) is 1.29. The van der Waals surface area contributed by atoms with Crippen LogP contribution in [-0.4, -0.2) is 98.9 Å². The van der Waals surface area contributed by atoms with E-state index >= 15 is 0 Å². The third kappa shape index (κ3) is 4.81. The van der Waals surface area contributed by atoms with E-state index < -0.39 is 0 Å². The fourth-order valence-electron chi connectivity index (χ4n) is 4.54. The number of halogens is 1. The largest absolute Gasteiger partial charge is 0.379 e. The van der Waals surface area contributed by atoms with Crippen molar-refractivity contribution in [2.45, 2.75) is 12.0 Å². The summed E-state index contributed by atoms with van der Waals surface area (Å²) in [6.07, 6.45) is 1.22. The minimum Gasteiger partial charge on any atom is -0.379 e. The molecule has 1 unspecified atom stereocenters. The Labute approximate surface area is 177 Å². The molecule has 0 radical (unpaired) electrons. The van der Waals surface area contributed by atoms with Crippen molar-refractivity contribution in [3.63, 3.8) is 0 Å². The van der Waals surface area contributed by atoms with Crippen LogP contribution in [0.25, 0.3) is 0 Å². The van der Waals surface area contributed by atoms with Gasteiger partial charge in [-0.1, -0.05) is 0 Å². The standard InChI is InChI=1S/C21H32FN5OS/c1-23-20(24-16-21(6-15-29-17-21)27-11-13-28-14-12-27)26-9-7-25(8-10-26)19-4-2-18(22)3-5-19/h2-5H,6-17H2,1H3,(H,23,24). The van der Waals surface area contributed by atoms with Crippen molar-refractivity contribution in [3.05, 3.63) is 30.1 Å². The first-order valence-electron chi connectivity index (χ1n) is 10.6. The molecule has 0 saturated carbocycles. The predicted molar refractivity (Wildman–Crippen MR) is 119 cm³/mol. The second-order valence-electron chi connectivity index (χ2n) is 7.98. The zero-order valence-electron chi connectivity index (χ0n) is 17.3. The number of thioether (sulfide) groups is 1. The second-order valence-corrected chi connectivity index (χ2v) is 9.08. The van der Waals surface area contributed by atoms with Gasteiger partial charge in [-0.25, -0.2) is 4.39 Å². The molecule has 0 bridgehead atoms. The average molecular weight is 422 g/mol. The Morgan fingerprint density at radius 3 is 2.48 bits per heavy atom.